The maximum absolute atomic E-state index is 11.6. The van der Waals surface area contributed by atoms with Crippen molar-refractivity contribution in [3.63, 3.8) is 0 Å². The highest BCUT2D eigenvalue weighted by Gasteiger charge is 2.43. The number of amides is 1. The van der Waals surface area contributed by atoms with Gasteiger partial charge in [0, 0.05) is 12.0 Å². The first-order valence-corrected chi connectivity index (χ1v) is 5.20. The summed E-state index contributed by atoms with van der Waals surface area (Å²) in [7, 11) is 0. The number of hydrogen-bond donors (Lipinski definition) is 1. The van der Waals surface area contributed by atoms with E-state index in [4.69, 9.17) is 10.5 Å². The summed E-state index contributed by atoms with van der Waals surface area (Å²) < 4.78 is 5.00. The molecule has 1 aliphatic carbocycles. The van der Waals surface area contributed by atoms with Gasteiger partial charge in [-0.2, -0.15) is 0 Å². The predicted molar refractivity (Wildman–Crippen MR) is 57.4 cm³/mol. The van der Waals surface area contributed by atoms with E-state index in [1.807, 2.05) is 18.2 Å². The van der Waals surface area contributed by atoms with Crippen LogP contribution in [-0.4, -0.2) is 12.4 Å². The Balaban J connectivity index is 2.56. The molecular weight excluding hydrogens is 206 g/mol. The predicted octanol–water partition coefficient (Wildman–Crippen LogP) is 0.876. The van der Waals surface area contributed by atoms with Crippen LogP contribution in [0.4, 0.5) is 0 Å². The lowest BCUT2D eigenvalue weighted by Gasteiger charge is -2.34. The van der Waals surface area contributed by atoms with Crippen LogP contribution in [0.2, 0.25) is 0 Å². The highest BCUT2D eigenvalue weighted by molar-refractivity contribution is 5.86. The number of ether oxygens (including phenoxy) is 1. The van der Waals surface area contributed by atoms with Crippen LogP contribution in [-0.2, 0) is 26.3 Å². The fourth-order valence-electron chi connectivity index (χ4n) is 2.31. The second-order valence-electron chi connectivity index (χ2n) is 3.92. The molecular formula is C12H13NO3. The number of aryl methyl sites for hydroxylation is 1. The largest absolute Gasteiger partial charge is 0.446 e. The van der Waals surface area contributed by atoms with Gasteiger partial charge in [0.25, 0.3) is 12.4 Å². The van der Waals surface area contributed by atoms with Crippen LogP contribution in [0.5, 0.6) is 0 Å². The molecule has 1 aromatic rings. The number of carbonyl (C=O) groups excluding carboxylic acids is 2. The van der Waals surface area contributed by atoms with Crippen molar-refractivity contribution < 1.29 is 14.3 Å². The van der Waals surface area contributed by atoms with Gasteiger partial charge in [0.1, 0.15) is 0 Å². The zero-order valence-corrected chi connectivity index (χ0v) is 8.81. The van der Waals surface area contributed by atoms with E-state index in [0.717, 1.165) is 24.0 Å². The van der Waals surface area contributed by atoms with Gasteiger partial charge >= 0.3 is 0 Å². The maximum Gasteiger partial charge on any atom is 0.294 e. The average molecular weight is 219 g/mol. The summed E-state index contributed by atoms with van der Waals surface area (Å²) in [5, 5.41) is 0. The molecule has 0 heterocycles. The Bertz CT molecular complexity index is 430. The Morgan fingerprint density at radius 2 is 2.19 bits per heavy atom. The zero-order chi connectivity index (χ0) is 11.6. The Labute approximate surface area is 93.4 Å². The zero-order valence-electron chi connectivity index (χ0n) is 8.81. The molecule has 0 fully saturated rings. The van der Waals surface area contributed by atoms with Gasteiger partial charge in [-0.05, 0) is 18.4 Å². The Morgan fingerprint density at radius 1 is 1.44 bits per heavy atom. The van der Waals surface area contributed by atoms with E-state index in [0.29, 0.717) is 12.9 Å². The maximum atomic E-state index is 11.6. The van der Waals surface area contributed by atoms with Crippen molar-refractivity contribution in [2.45, 2.75) is 24.9 Å². The molecule has 1 amide bonds. The van der Waals surface area contributed by atoms with Crippen LogP contribution in [0.1, 0.15) is 24.0 Å². The first-order chi connectivity index (χ1) is 7.70. The first-order valence-electron chi connectivity index (χ1n) is 5.20. The van der Waals surface area contributed by atoms with Crippen molar-refractivity contribution in [2.24, 2.45) is 5.73 Å². The highest BCUT2D eigenvalue weighted by atomic mass is 16.5. The summed E-state index contributed by atoms with van der Waals surface area (Å²) in [5.74, 6) is -0.605. The fraction of sp³-hybridized carbons (Fsp3) is 0.333. The van der Waals surface area contributed by atoms with E-state index >= 15 is 0 Å². The Hall–Kier alpha value is -1.84. The molecule has 16 heavy (non-hydrogen) atoms. The van der Waals surface area contributed by atoms with Crippen LogP contribution < -0.4 is 5.73 Å². The number of primary amides is 1. The van der Waals surface area contributed by atoms with Gasteiger partial charge in [-0.15, -0.1) is 0 Å². The van der Waals surface area contributed by atoms with Crippen LogP contribution >= 0.6 is 0 Å². The molecule has 84 valence electrons. The summed E-state index contributed by atoms with van der Waals surface area (Å²) in [5.41, 5.74) is 5.86. The van der Waals surface area contributed by atoms with Crippen molar-refractivity contribution >= 4 is 12.4 Å². The molecule has 4 nitrogen and oxygen atoms in total. The number of benzene rings is 1. The molecule has 1 aromatic carbocycles. The quantitative estimate of drug-likeness (QED) is 0.767. The van der Waals surface area contributed by atoms with Crippen molar-refractivity contribution in [2.75, 3.05) is 0 Å². The van der Waals surface area contributed by atoms with E-state index in [1.54, 1.807) is 6.07 Å². The number of hydrogen-bond acceptors (Lipinski definition) is 3. The lowest BCUT2D eigenvalue weighted by atomic mass is 9.78. The SMILES string of the molecule is NC(=O)C1(OC=O)CCCc2ccccc21. The smallest absolute Gasteiger partial charge is 0.294 e. The third kappa shape index (κ3) is 1.46. The number of fused-ring (bicyclic) bond motifs is 1. The Kier molecular flexibility index (Phi) is 2.64. The Morgan fingerprint density at radius 3 is 2.88 bits per heavy atom. The molecule has 0 radical (unpaired) electrons. The summed E-state index contributed by atoms with van der Waals surface area (Å²) in [6, 6.07) is 7.44. The molecule has 0 aliphatic heterocycles. The molecule has 0 spiro atoms. The van der Waals surface area contributed by atoms with Gasteiger partial charge in [0.15, 0.2) is 0 Å². The molecule has 1 unspecified atom stereocenters. The fourth-order valence-corrected chi connectivity index (χ4v) is 2.31. The van der Waals surface area contributed by atoms with Gasteiger partial charge in [0.05, 0.1) is 0 Å². The highest BCUT2D eigenvalue weighted by Crippen LogP contribution is 2.37. The minimum atomic E-state index is -1.27. The molecule has 0 saturated heterocycles. The summed E-state index contributed by atoms with van der Waals surface area (Å²) in [6.45, 7) is 0.298. The van der Waals surface area contributed by atoms with Crippen molar-refractivity contribution in [3.05, 3.63) is 35.4 Å². The molecule has 0 bridgehead atoms. The second kappa shape index (κ2) is 3.96. The minimum absolute atomic E-state index is 0.298. The lowest BCUT2D eigenvalue weighted by molar-refractivity contribution is -0.159. The lowest BCUT2D eigenvalue weighted by Crippen LogP contribution is -2.45. The number of carbonyl (C=O) groups is 2. The van der Waals surface area contributed by atoms with Gasteiger partial charge < -0.3 is 10.5 Å². The first kappa shape index (κ1) is 10.7. The van der Waals surface area contributed by atoms with Crippen molar-refractivity contribution in [1.82, 2.24) is 0 Å². The topological polar surface area (TPSA) is 69.4 Å². The molecule has 0 aromatic heterocycles. The molecule has 4 heteroatoms. The number of rotatable bonds is 3. The third-order valence-electron chi connectivity index (χ3n) is 3.07. The van der Waals surface area contributed by atoms with E-state index < -0.39 is 11.5 Å². The normalized spacial score (nSPS) is 23.2. The van der Waals surface area contributed by atoms with Gasteiger partial charge in [-0.3, -0.25) is 9.59 Å². The average Bonchev–Trinajstić information content (AvgIpc) is 2.29. The van der Waals surface area contributed by atoms with E-state index in [2.05, 4.69) is 0 Å². The van der Waals surface area contributed by atoms with Gasteiger partial charge in [0.2, 0.25) is 5.60 Å². The monoisotopic (exact) mass is 219 g/mol. The van der Waals surface area contributed by atoms with Gasteiger partial charge in [-0.1, -0.05) is 24.3 Å². The molecule has 0 saturated carbocycles. The molecule has 1 aliphatic rings. The minimum Gasteiger partial charge on any atom is -0.446 e. The van der Waals surface area contributed by atoms with Crippen LogP contribution in [0.25, 0.3) is 0 Å². The summed E-state index contributed by atoms with van der Waals surface area (Å²) in [4.78, 5) is 22.1. The van der Waals surface area contributed by atoms with E-state index in [-0.39, 0.29) is 0 Å². The molecule has 2 rings (SSSR count). The van der Waals surface area contributed by atoms with E-state index in [9.17, 15) is 9.59 Å². The summed E-state index contributed by atoms with van der Waals surface area (Å²) in [6.07, 6.45) is 2.12. The second-order valence-corrected chi connectivity index (χ2v) is 3.92. The van der Waals surface area contributed by atoms with Crippen LogP contribution in [0.15, 0.2) is 24.3 Å². The van der Waals surface area contributed by atoms with Crippen molar-refractivity contribution in [1.29, 1.82) is 0 Å². The molecule has 1 atom stereocenters. The molecule has 2 N–H and O–H groups in total. The third-order valence-corrected chi connectivity index (χ3v) is 3.07. The standard InChI is InChI=1S/C12H13NO3/c13-11(15)12(16-8-14)7-3-5-9-4-1-2-6-10(9)12/h1-2,4,6,8H,3,5,7H2,(H2,13,15). The van der Waals surface area contributed by atoms with Crippen LogP contribution in [0.3, 0.4) is 0 Å². The summed E-state index contributed by atoms with van der Waals surface area (Å²) >= 11 is 0. The number of nitrogens with two attached hydrogens (primary N) is 1. The van der Waals surface area contributed by atoms with Gasteiger partial charge in [-0.25, -0.2) is 0 Å². The van der Waals surface area contributed by atoms with E-state index in [1.165, 1.54) is 0 Å². The van der Waals surface area contributed by atoms with Crippen LogP contribution in [0, 0.1) is 0 Å². The van der Waals surface area contributed by atoms with Crippen molar-refractivity contribution in [3.8, 4) is 0 Å².